The van der Waals surface area contributed by atoms with Crippen LogP contribution in [-0.2, 0) is 14.8 Å². The fraction of sp³-hybridized carbons (Fsp3) is 0.174. The van der Waals surface area contributed by atoms with Crippen molar-refractivity contribution >= 4 is 33.2 Å². The van der Waals surface area contributed by atoms with Gasteiger partial charge in [-0.3, -0.25) is 9.10 Å². The second kappa shape index (κ2) is 9.32. The molecule has 5 nitrogen and oxygen atoms in total. The van der Waals surface area contributed by atoms with Crippen LogP contribution < -0.4 is 9.62 Å². The van der Waals surface area contributed by atoms with Crippen molar-refractivity contribution in [2.45, 2.75) is 24.8 Å². The van der Waals surface area contributed by atoms with Gasteiger partial charge in [0.2, 0.25) is 5.91 Å². The molecule has 0 aliphatic rings. The molecular formula is C23H23ClN2O3S. The highest BCUT2D eigenvalue weighted by atomic mass is 35.5. The van der Waals surface area contributed by atoms with E-state index in [1.54, 1.807) is 18.2 Å². The fourth-order valence-electron chi connectivity index (χ4n) is 3.07. The number of amides is 1. The van der Waals surface area contributed by atoms with Crippen molar-refractivity contribution < 1.29 is 13.2 Å². The van der Waals surface area contributed by atoms with Crippen molar-refractivity contribution in [1.29, 1.82) is 0 Å². The average Bonchev–Trinajstić information content (AvgIpc) is 2.73. The molecule has 1 N–H and O–H groups in total. The second-order valence-corrected chi connectivity index (χ2v) is 9.30. The lowest BCUT2D eigenvalue weighted by molar-refractivity contribution is -0.120. The lowest BCUT2D eigenvalue weighted by atomic mass is 10.1. The Bertz CT molecular complexity index is 1120. The van der Waals surface area contributed by atoms with Crippen molar-refractivity contribution in [2.75, 3.05) is 10.8 Å². The van der Waals surface area contributed by atoms with Gasteiger partial charge in [-0.15, -0.1) is 0 Å². The van der Waals surface area contributed by atoms with E-state index in [0.717, 1.165) is 15.4 Å². The smallest absolute Gasteiger partial charge is 0.264 e. The Morgan fingerprint density at radius 1 is 1.00 bits per heavy atom. The maximum absolute atomic E-state index is 13.3. The van der Waals surface area contributed by atoms with Crippen molar-refractivity contribution in [1.82, 2.24) is 5.32 Å². The van der Waals surface area contributed by atoms with E-state index in [2.05, 4.69) is 5.32 Å². The summed E-state index contributed by atoms with van der Waals surface area (Å²) in [5.41, 5.74) is 2.25. The van der Waals surface area contributed by atoms with Gasteiger partial charge >= 0.3 is 0 Å². The van der Waals surface area contributed by atoms with Gasteiger partial charge in [0.15, 0.2) is 0 Å². The van der Waals surface area contributed by atoms with Crippen LogP contribution in [0.3, 0.4) is 0 Å². The van der Waals surface area contributed by atoms with E-state index in [1.807, 2.05) is 50.2 Å². The number of carbonyl (C=O) groups is 1. The number of nitrogens with zero attached hydrogens (tertiary/aromatic N) is 1. The van der Waals surface area contributed by atoms with Crippen LogP contribution in [0.1, 0.15) is 24.1 Å². The van der Waals surface area contributed by atoms with Crippen LogP contribution in [0, 0.1) is 6.92 Å². The molecule has 1 atom stereocenters. The Kier molecular flexibility index (Phi) is 6.80. The molecule has 0 heterocycles. The van der Waals surface area contributed by atoms with Crippen LogP contribution in [0.2, 0.25) is 5.02 Å². The van der Waals surface area contributed by atoms with Crippen molar-refractivity contribution in [3.63, 3.8) is 0 Å². The number of hydrogen-bond acceptors (Lipinski definition) is 3. The third kappa shape index (κ3) is 5.20. The Morgan fingerprint density at radius 2 is 1.67 bits per heavy atom. The minimum Gasteiger partial charge on any atom is -0.348 e. The molecule has 0 aliphatic heterocycles. The molecule has 0 unspecified atom stereocenters. The van der Waals surface area contributed by atoms with Gasteiger partial charge in [0.1, 0.15) is 6.54 Å². The first kappa shape index (κ1) is 21.9. The van der Waals surface area contributed by atoms with E-state index in [1.165, 1.54) is 24.3 Å². The van der Waals surface area contributed by atoms with Gasteiger partial charge in [0, 0.05) is 5.02 Å². The molecule has 30 heavy (non-hydrogen) atoms. The predicted molar refractivity (Wildman–Crippen MR) is 120 cm³/mol. The predicted octanol–water partition coefficient (Wildman–Crippen LogP) is 4.72. The van der Waals surface area contributed by atoms with Gasteiger partial charge in [-0.25, -0.2) is 8.42 Å². The molecule has 0 bridgehead atoms. The van der Waals surface area contributed by atoms with Gasteiger partial charge in [-0.05, 0) is 61.4 Å². The molecule has 156 valence electrons. The average molecular weight is 443 g/mol. The van der Waals surface area contributed by atoms with Gasteiger partial charge in [-0.1, -0.05) is 54.1 Å². The number of halogens is 1. The molecule has 0 aliphatic carbocycles. The van der Waals surface area contributed by atoms with Crippen LogP contribution >= 0.6 is 11.6 Å². The van der Waals surface area contributed by atoms with Crippen molar-refractivity contribution in [3.05, 3.63) is 95.0 Å². The SMILES string of the molecule is Cc1cccc(N(CC(=O)N[C@H](C)c2ccccc2)S(=O)(=O)c2ccc(Cl)cc2)c1. The Balaban J connectivity index is 1.90. The van der Waals surface area contributed by atoms with E-state index in [-0.39, 0.29) is 17.5 Å². The third-order valence-corrected chi connectivity index (χ3v) is 6.70. The maximum atomic E-state index is 13.3. The van der Waals surface area contributed by atoms with E-state index >= 15 is 0 Å². The van der Waals surface area contributed by atoms with Gasteiger partial charge < -0.3 is 5.32 Å². The Morgan fingerprint density at radius 3 is 2.30 bits per heavy atom. The topological polar surface area (TPSA) is 66.5 Å². The number of aryl methyl sites for hydroxylation is 1. The van der Waals surface area contributed by atoms with Crippen LogP contribution in [0.25, 0.3) is 0 Å². The van der Waals surface area contributed by atoms with Gasteiger partial charge in [-0.2, -0.15) is 0 Å². The molecule has 0 spiro atoms. The fourth-order valence-corrected chi connectivity index (χ4v) is 4.61. The van der Waals surface area contributed by atoms with E-state index < -0.39 is 15.9 Å². The van der Waals surface area contributed by atoms with Crippen LogP contribution in [0.15, 0.2) is 83.8 Å². The zero-order valence-corrected chi connectivity index (χ0v) is 18.3. The molecule has 0 aromatic heterocycles. The molecular weight excluding hydrogens is 420 g/mol. The van der Waals surface area contributed by atoms with Crippen LogP contribution in [0.4, 0.5) is 5.69 Å². The number of rotatable bonds is 7. The summed E-state index contributed by atoms with van der Waals surface area (Å²) in [7, 11) is -3.97. The summed E-state index contributed by atoms with van der Waals surface area (Å²) in [6.07, 6.45) is 0. The largest absolute Gasteiger partial charge is 0.348 e. The summed E-state index contributed by atoms with van der Waals surface area (Å²) in [5.74, 6) is -0.398. The standard InChI is InChI=1S/C23H23ClN2O3S/c1-17-7-6-10-21(15-17)26(30(28,29)22-13-11-20(24)12-14-22)16-23(27)25-18(2)19-8-4-3-5-9-19/h3-15,18H,16H2,1-2H3,(H,25,27)/t18-/m1/s1. The quantitative estimate of drug-likeness (QED) is 0.575. The molecule has 7 heteroatoms. The number of hydrogen-bond donors (Lipinski definition) is 1. The highest BCUT2D eigenvalue weighted by Crippen LogP contribution is 2.25. The molecule has 3 aromatic carbocycles. The monoisotopic (exact) mass is 442 g/mol. The second-order valence-electron chi connectivity index (χ2n) is 7.00. The molecule has 3 rings (SSSR count). The van der Waals surface area contributed by atoms with E-state index in [9.17, 15) is 13.2 Å². The normalized spacial score (nSPS) is 12.2. The summed E-state index contributed by atoms with van der Waals surface area (Å²) < 4.78 is 27.8. The first-order valence-corrected chi connectivity index (χ1v) is 11.3. The summed E-state index contributed by atoms with van der Waals surface area (Å²) in [5, 5.41) is 3.31. The minimum atomic E-state index is -3.97. The Labute approximate surface area is 182 Å². The lowest BCUT2D eigenvalue weighted by Gasteiger charge is -2.25. The molecule has 3 aromatic rings. The highest BCUT2D eigenvalue weighted by Gasteiger charge is 2.27. The number of carbonyl (C=O) groups excluding carboxylic acids is 1. The van der Waals surface area contributed by atoms with Crippen molar-refractivity contribution in [3.8, 4) is 0 Å². The zero-order chi connectivity index (χ0) is 21.7. The summed E-state index contributed by atoms with van der Waals surface area (Å²) in [6.45, 7) is 3.39. The molecule has 1 amide bonds. The molecule has 0 saturated carbocycles. The van der Waals surface area contributed by atoms with Gasteiger partial charge in [0.25, 0.3) is 10.0 Å². The first-order chi connectivity index (χ1) is 14.3. The highest BCUT2D eigenvalue weighted by molar-refractivity contribution is 7.92. The van der Waals surface area contributed by atoms with E-state index in [4.69, 9.17) is 11.6 Å². The lowest BCUT2D eigenvalue weighted by Crippen LogP contribution is -2.41. The van der Waals surface area contributed by atoms with Crippen molar-refractivity contribution in [2.24, 2.45) is 0 Å². The van der Waals surface area contributed by atoms with E-state index in [0.29, 0.717) is 10.7 Å². The number of sulfonamides is 1. The molecule has 0 saturated heterocycles. The number of anilines is 1. The van der Waals surface area contributed by atoms with Gasteiger partial charge in [0.05, 0.1) is 16.6 Å². The molecule has 0 radical (unpaired) electrons. The van der Waals surface area contributed by atoms with Crippen LogP contribution in [-0.4, -0.2) is 20.9 Å². The van der Waals surface area contributed by atoms with Crippen LogP contribution in [0.5, 0.6) is 0 Å². The number of nitrogens with one attached hydrogen (secondary N) is 1. The number of benzene rings is 3. The Hall–Kier alpha value is -2.83. The molecule has 0 fully saturated rings. The zero-order valence-electron chi connectivity index (χ0n) is 16.7. The third-order valence-electron chi connectivity index (χ3n) is 4.66. The summed E-state index contributed by atoms with van der Waals surface area (Å²) in [4.78, 5) is 12.9. The minimum absolute atomic E-state index is 0.0670. The first-order valence-electron chi connectivity index (χ1n) is 9.46. The summed E-state index contributed by atoms with van der Waals surface area (Å²) >= 11 is 5.91. The maximum Gasteiger partial charge on any atom is 0.264 e. The summed E-state index contributed by atoms with van der Waals surface area (Å²) in [6, 6.07) is 22.2.